The molecule has 1 saturated carbocycles. The van der Waals surface area contributed by atoms with E-state index in [4.69, 9.17) is 4.74 Å². The van der Waals surface area contributed by atoms with Crippen LogP contribution in [-0.2, 0) is 4.74 Å². The molecule has 1 aliphatic carbocycles. The fourth-order valence-corrected chi connectivity index (χ4v) is 3.57. The van der Waals surface area contributed by atoms with Gasteiger partial charge >= 0.3 is 6.09 Å². The van der Waals surface area contributed by atoms with Gasteiger partial charge in [0.05, 0.1) is 0 Å². The van der Waals surface area contributed by atoms with Crippen molar-refractivity contribution in [1.82, 2.24) is 5.32 Å². The number of ether oxygens (including phenoxy) is 1. The van der Waals surface area contributed by atoms with Gasteiger partial charge in [0.2, 0.25) is 0 Å². The van der Waals surface area contributed by atoms with Crippen LogP contribution in [0.15, 0.2) is 0 Å². The van der Waals surface area contributed by atoms with Crippen LogP contribution in [0.1, 0.15) is 73.6 Å². The molecule has 0 saturated heterocycles. The lowest BCUT2D eigenvalue weighted by Crippen LogP contribution is -2.42. The molecule has 3 heteroatoms. The first-order chi connectivity index (χ1) is 9.23. The highest BCUT2D eigenvalue weighted by Crippen LogP contribution is 2.35. The average molecular weight is 283 g/mol. The normalized spacial score (nSPS) is 25.4. The van der Waals surface area contributed by atoms with Gasteiger partial charge in [-0.25, -0.2) is 4.79 Å². The first-order valence-corrected chi connectivity index (χ1v) is 8.22. The highest BCUT2D eigenvalue weighted by molar-refractivity contribution is 5.68. The van der Waals surface area contributed by atoms with Crippen molar-refractivity contribution in [2.45, 2.75) is 85.3 Å². The molecule has 1 aliphatic rings. The number of carbonyl (C=O) groups is 1. The van der Waals surface area contributed by atoms with Gasteiger partial charge in [0.15, 0.2) is 0 Å². The fourth-order valence-electron chi connectivity index (χ4n) is 3.57. The monoisotopic (exact) mass is 283 g/mol. The molecular weight excluding hydrogens is 250 g/mol. The van der Waals surface area contributed by atoms with E-state index in [0.717, 1.165) is 30.6 Å². The van der Waals surface area contributed by atoms with Crippen LogP contribution in [-0.4, -0.2) is 17.7 Å². The Morgan fingerprint density at radius 2 is 1.95 bits per heavy atom. The first kappa shape index (κ1) is 17.3. The van der Waals surface area contributed by atoms with Crippen molar-refractivity contribution in [2.75, 3.05) is 0 Å². The second kappa shape index (κ2) is 7.33. The number of alkyl carbamates (subject to hydrolysis) is 1. The second-order valence-electron chi connectivity index (χ2n) is 7.59. The van der Waals surface area contributed by atoms with Crippen LogP contribution in [0.5, 0.6) is 0 Å². The predicted molar refractivity (Wildman–Crippen MR) is 83.7 cm³/mol. The van der Waals surface area contributed by atoms with E-state index in [9.17, 15) is 4.79 Å². The number of carbonyl (C=O) groups excluding carboxylic acids is 1. The summed E-state index contributed by atoms with van der Waals surface area (Å²) in [4.78, 5) is 11.9. The van der Waals surface area contributed by atoms with E-state index in [1.54, 1.807) is 0 Å². The average Bonchev–Trinajstić information content (AvgIpc) is 2.26. The lowest BCUT2D eigenvalue weighted by Gasteiger charge is -2.36. The van der Waals surface area contributed by atoms with Gasteiger partial charge in [0.25, 0.3) is 0 Å². The summed E-state index contributed by atoms with van der Waals surface area (Å²) >= 11 is 0. The van der Waals surface area contributed by atoms with Crippen LogP contribution >= 0.6 is 0 Å². The van der Waals surface area contributed by atoms with Crippen molar-refractivity contribution in [1.29, 1.82) is 0 Å². The van der Waals surface area contributed by atoms with E-state index in [2.05, 4.69) is 26.1 Å². The van der Waals surface area contributed by atoms with Gasteiger partial charge in [-0.2, -0.15) is 0 Å². The van der Waals surface area contributed by atoms with Gasteiger partial charge in [-0.3, -0.25) is 0 Å². The standard InChI is InChI=1S/C17H33NO2/c1-7-15(12(2)3)13-9-8-10-14(11-13)18-16(19)20-17(4,5)6/h12-15H,7-11H2,1-6H3,(H,18,19). The third kappa shape index (κ3) is 5.72. The number of hydrogen-bond donors (Lipinski definition) is 1. The number of amides is 1. The Kier molecular flexibility index (Phi) is 6.35. The molecule has 1 rings (SSSR count). The topological polar surface area (TPSA) is 38.3 Å². The zero-order valence-corrected chi connectivity index (χ0v) is 14.2. The summed E-state index contributed by atoms with van der Waals surface area (Å²) in [5.41, 5.74) is -0.415. The summed E-state index contributed by atoms with van der Waals surface area (Å²) in [6.07, 6.45) is 5.69. The maximum atomic E-state index is 11.9. The Hall–Kier alpha value is -0.730. The van der Waals surface area contributed by atoms with Crippen molar-refractivity contribution in [3.63, 3.8) is 0 Å². The third-order valence-electron chi connectivity index (χ3n) is 4.37. The maximum Gasteiger partial charge on any atom is 0.407 e. The molecule has 0 bridgehead atoms. The van der Waals surface area contributed by atoms with E-state index in [1.165, 1.54) is 19.3 Å². The molecular formula is C17H33NO2. The molecule has 1 amide bonds. The van der Waals surface area contributed by atoms with Gasteiger partial charge in [0, 0.05) is 6.04 Å². The number of rotatable bonds is 4. The minimum Gasteiger partial charge on any atom is -0.444 e. The summed E-state index contributed by atoms with van der Waals surface area (Å²) < 4.78 is 5.36. The highest BCUT2D eigenvalue weighted by Gasteiger charge is 2.30. The van der Waals surface area contributed by atoms with E-state index >= 15 is 0 Å². The van der Waals surface area contributed by atoms with E-state index in [1.807, 2.05) is 20.8 Å². The van der Waals surface area contributed by atoms with Crippen molar-refractivity contribution in [3.8, 4) is 0 Å². The Balaban J connectivity index is 2.50. The summed E-state index contributed by atoms with van der Waals surface area (Å²) in [5.74, 6) is 2.25. The molecule has 0 radical (unpaired) electrons. The molecule has 1 fully saturated rings. The number of hydrogen-bond acceptors (Lipinski definition) is 2. The van der Waals surface area contributed by atoms with Gasteiger partial charge in [0.1, 0.15) is 5.60 Å². The van der Waals surface area contributed by atoms with E-state index in [-0.39, 0.29) is 12.1 Å². The van der Waals surface area contributed by atoms with Crippen LogP contribution in [0.3, 0.4) is 0 Å². The van der Waals surface area contributed by atoms with Crippen molar-refractivity contribution < 1.29 is 9.53 Å². The molecule has 1 N–H and O–H groups in total. The molecule has 0 aromatic rings. The van der Waals surface area contributed by atoms with Crippen LogP contribution in [0.25, 0.3) is 0 Å². The van der Waals surface area contributed by atoms with Crippen molar-refractivity contribution >= 4 is 6.09 Å². The summed E-state index contributed by atoms with van der Waals surface area (Å²) in [6.45, 7) is 12.6. The molecule has 0 spiro atoms. The van der Waals surface area contributed by atoms with Gasteiger partial charge in [-0.15, -0.1) is 0 Å². The summed E-state index contributed by atoms with van der Waals surface area (Å²) in [5, 5.41) is 3.06. The van der Waals surface area contributed by atoms with Gasteiger partial charge in [-0.1, -0.05) is 40.0 Å². The Bertz CT molecular complexity index is 307. The molecule has 20 heavy (non-hydrogen) atoms. The van der Waals surface area contributed by atoms with Gasteiger partial charge in [-0.05, 0) is 51.4 Å². The quantitative estimate of drug-likeness (QED) is 0.808. The highest BCUT2D eigenvalue weighted by atomic mass is 16.6. The van der Waals surface area contributed by atoms with Crippen LogP contribution in [0.2, 0.25) is 0 Å². The van der Waals surface area contributed by atoms with Crippen molar-refractivity contribution in [2.24, 2.45) is 17.8 Å². The Morgan fingerprint density at radius 3 is 2.45 bits per heavy atom. The Morgan fingerprint density at radius 1 is 1.30 bits per heavy atom. The number of nitrogens with one attached hydrogen (secondary N) is 1. The van der Waals surface area contributed by atoms with Crippen LogP contribution in [0, 0.1) is 17.8 Å². The predicted octanol–water partition coefficient (Wildman–Crippen LogP) is 4.75. The molecule has 0 aromatic heterocycles. The van der Waals surface area contributed by atoms with E-state index in [0.29, 0.717) is 0 Å². The molecule has 3 unspecified atom stereocenters. The molecule has 3 atom stereocenters. The van der Waals surface area contributed by atoms with Crippen LogP contribution in [0.4, 0.5) is 4.79 Å². The SMILES string of the molecule is CCC(C(C)C)C1CCCC(NC(=O)OC(C)(C)C)C1. The zero-order valence-electron chi connectivity index (χ0n) is 14.2. The third-order valence-corrected chi connectivity index (χ3v) is 4.37. The Labute approximate surface area is 124 Å². The summed E-state index contributed by atoms with van der Waals surface area (Å²) in [6, 6.07) is 0.288. The van der Waals surface area contributed by atoms with Crippen molar-refractivity contribution in [3.05, 3.63) is 0 Å². The lowest BCUT2D eigenvalue weighted by atomic mass is 9.72. The van der Waals surface area contributed by atoms with Crippen LogP contribution < -0.4 is 5.32 Å². The molecule has 0 aliphatic heterocycles. The lowest BCUT2D eigenvalue weighted by molar-refractivity contribution is 0.0471. The van der Waals surface area contributed by atoms with E-state index < -0.39 is 5.60 Å². The summed E-state index contributed by atoms with van der Waals surface area (Å²) in [7, 11) is 0. The maximum absolute atomic E-state index is 11.9. The molecule has 0 aromatic carbocycles. The second-order valence-corrected chi connectivity index (χ2v) is 7.59. The molecule has 0 heterocycles. The minimum atomic E-state index is -0.415. The fraction of sp³-hybridized carbons (Fsp3) is 0.941. The first-order valence-electron chi connectivity index (χ1n) is 8.22. The minimum absolute atomic E-state index is 0.263. The zero-order chi connectivity index (χ0) is 15.3. The largest absolute Gasteiger partial charge is 0.444 e. The molecule has 3 nitrogen and oxygen atoms in total. The molecule has 118 valence electrons. The smallest absolute Gasteiger partial charge is 0.407 e. The van der Waals surface area contributed by atoms with Gasteiger partial charge < -0.3 is 10.1 Å².